The van der Waals surface area contributed by atoms with E-state index in [1.165, 1.54) is 24.3 Å². The summed E-state index contributed by atoms with van der Waals surface area (Å²) < 4.78 is 5.22. The molecule has 3 atom stereocenters. The van der Waals surface area contributed by atoms with Gasteiger partial charge in [0.15, 0.2) is 6.29 Å². The number of nitrogens with one attached hydrogen (secondary N) is 1. The second kappa shape index (κ2) is 8.49. The molecule has 0 radical (unpaired) electrons. The minimum absolute atomic E-state index is 0.00927. The summed E-state index contributed by atoms with van der Waals surface area (Å²) in [6.07, 6.45) is 7.66. The maximum absolute atomic E-state index is 12.1. The fourth-order valence-electron chi connectivity index (χ4n) is 3.16. The van der Waals surface area contributed by atoms with Gasteiger partial charge in [-0.15, -0.1) is 0 Å². The molecule has 0 aliphatic heterocycles. The fraction of sp³-hybridized carbons (Fsp3) is 0.300. The van der Waals surface area contributed by atoms with Crippen molar-refractivity contribution < 1.29 is 14.3 Å². The Morgan fingerprint density at radius 2 is 1.96 bits per heavy atom. The topological polar surface area (TPSA) is 81.2 Å². The SMILES string of the molecule is CC1=CC(c2ccccc2)CCC1NC(C=O)OC(=O)c1cncnc1. The number of hydrogen-bond acceptors (Lipinski definition) is 6. The normalized spacial score (nSPS) is 20.7. The highest BCUT2D eigenvalue weighted by Gasteiger charge is 2.25. The van der Waals surface area contributed by atoms with Gasteiger partial charge in [-0.2, -0.15) is 0 Å². The van der Waals surface area contributed by atoms with Crippen LogP contribution in [-0.4, -0.2) is 34.5 Å². The average Bonchev–Trinajstić information content (AvgIpc) is 2.70. The second-order valence-corrected chi connectivity index (χ2v) is 6.31. The van der Waals surface area contributed by atoms with Gasteiger partial charge in [0.05, 0.1) is 5.56 Å². The Balaban J connectivity index is 1.62. The number of carbonyl (C=O) groups excluding carboxylic acids is 2. The van der Waals surface area contributed by atoms with Crippen molar-refractivity contribution in [1.29, 1.82) is 0 Å². The first-order chi connectivity index (χ1) is 12.7. The van der Waals surface area contributed by atoms with Crippen LogP contribution in [0.15, 0.2) is 60.7 Å². The first-order valence-corrected chi connectivity index (χ1v) is 8.58. The molecule has 1 N–H and O–H groups in total. The average molecular weight is 351 g/mol. The molecule has 0 saturated heterocycles. The molecule has 134 valence electrons. The van der Waals surface area contributed by atoms with E-state index in [1.54, 1.807) is 0 Å². The molecule has 0 fully saturated rings. The van der Waals surface area contributed by atoms with Gasteiger partial charge in [-0.3, -0.25) is 10.1 Å². The largest absolute Gasteiger partial charge is 0.436 e. The number of carbonyl (C=O) groups is 2. The van der Waals surface area contributed by atoms with E-state index in [-0.39, 0.29) is 11.6 Å². The summed E-state index contributed by atoms with van der Waals surface area (Å²) in [4.78, 5) is 31.0. The van der Waals surface area contributed by atoms with Crippen LogP contribution in [0.4, 0.5) is 0 Å². The molecule has 1 aliphatic rings. The Hall–Kier alpha value is -2.86. The molecule has 1 heterocycles. The van der Waals surface area contributed by atoms with Crippen LogP contribution >= 0.6 is 0 Å². The number of ether oxygens (including phenoxy) is 1. The summed E-state index contributed by atoms with van der Waals surface area (Å²) in [5.41, 5.74) is 2.63. The van der Waals surface area contributed by atoms with E-state index in [9.17, 15) is 9.59 Å². The van der Waals surface area contributed by atoms with E-state index >= 15 is 0 Å². The van der Waals surface area contributed by atoms with Gasteiger partial charge in [0.25, 0.3) is 0 Å². The van der Waals surface area contributed by atoms with E-state index in [1.807, 2.05) is 25.1 Å². The van der Waals surface area contributed by atoms with E-state index in [2.05, 4.69) is 33.5 Å². The third-order valence-electron chi connectivity index (χ3n) is 4.53. The highest BCUT2D eigenvalue weighted by atomic mass is 16.6. The number of allylic oxidation sites excluding steroid dienone is 1. The predicted molar refractivity (Wildman–Crippen MR) is 96.4 cm³/mol. The monoisotopic (exact) mass is 351 g/mol. The van der Waals surface area contributed by atoms with Crippen LogP contribution in [0, 0.1) is 0 Å². The molecular formula is C20H21N3O3. The second-order valence-electron chi connectivity index (χ2n) is 6.31. The van der Waals surface area contributed by atoms with Crippen molar-refractivity contribution in [2.45, 2.75) is 38.0 Å². The van der Waals surface area contributed by atoms with E-state index < -0.39 is 12.2 Å². The lowest BCUT2D eigenvalue weighted by Gasteiger charge is -2.30. The van der Waals surface area contributed by atoms with Gasteiger partial charge < -0.3 is 4.74 Å². The summed E-state index contributed by atoms with van der Waals surface area (Å²) in [5, 5.41) is 3.11. The van der Waals surface area contributed by atoms with Crippen molar-refractivity contribution in [2.24, 2.45) is 0 Å². The van der Waals surface area contributed by atoms with Crippen molar-refractivity contribution in [3.63, 3.8) is 0 Å². The summed E-state index contributed by atoms with van der Waals surface area (Å²) in [6, 6.07) is 10.3. The molecule has 1 aliphatic carbocycles. The number of aromatic nitrogens is 2. The van der Waals surface area contributed by atoms with E-state index in [4.69, 9.17) is 4.74 Å². The molecular weight excluding hydrogens is 330 g/mol. The van der Waals surface area contributed by atoms with Crippen molar-refractivity contribution in [1.82, 2.24) is 15.3 Å². The molecule has 6 nitrogen and oxygen atoms in total. The Morgan fingerprint density at radius 3 is 2.62 bits per heavy atom. The quantitative estimate of drug-likeness (QED) is 0.373. The zero-order chi connectivity index (χ0) is 18.4. The first kappa shape index (κ1) is 17.9. The summed E-state index contributed by atoms with van der Waals surface area (Å²) in [6.45, 7) is 2.03. The molecule has 3 unspecified atom stereocenters. The van der Waals surface area contributed by atoms with Gasteiger partial charge in [-0.05, 0) is 25.3 Å². The Labute approximate surface area is 152 Å². The summed E-state index contributed by atoms with van der Waals surface area (Å²) >= 11 is 0. The maximum atomic E-state index is 12.1. The number of nitrogens with zero attached hydrogens (tertiary/aromatic N) is 2. The number of benzene rings is 1. The molecule has 1 aromatic carbocycles. The minimum Gasteiger partial charge on any atom is -0.436 e. The van der Waals surface area contributed by atoms with Crippen LogP contribution in [0.25, 0.3) is 0 Å². The number of esters is 1. The zero-order valence-corrected chi connectivity index (χ0v) is 14.5. The van der Waals surface area contributed by atoms with Crippen molar-refractivity contribution in [3.05, 3.63) is 71.8 Å². The third-order valence-corrected chi connectivity index (χ3v) is 4.53. The number of aldehydes is 1. The van der Waals surface area contributed by atoms with Gasteiger partial charge >= 0.3 is 5.97 Å². The summed E-state index contributed by atoms with van der Waals surface area (Å²) in [5.74, 6) is -0.261. The number of hydrogen-bond donors (Lipinski definition) is 1. The first-order valence-electron chi connectivity index (χ1n) is 8.58. The Morgan fingerprint density at radius 1 is 1.23 bits per heavy atom. The molecule has 26 heavy (non-hydrogen) atoms. The highest BCUT2D eigenvalue weighted by Crippen LogP contribution is 2.31. The van der Waals surface area contributed by atoms with Gasteiger partial charge in [0.2, 0.25) is 6.23 Å². The molecule has 6 heteroatoms. The van der Waals surface area contributed by atoms with Crippen LogP contribution in [0.2, 0.25) is 0 Å². The van der Waals surface area contributed by atoms with Gasteiger partial charge in [0, 0.05) is 24.4 Å². The van der Waals surface area contributed by atoms with Gasteiger partial charge in [-0.1, -0.05) is 42.0 Å². The lowest BCUT2D eigenvalue weighted by molar-refractivity contribution is -0.117. The minimum atomic E-state index is -1.01. The standard InChI is InChI=1S/C20H21N3O3/c1-14-9-16(15-5-3-2-4-6-15)7-8-18(14)23-19(12-24)26-20(25)17-10-21-13-22-11-17/h2-6,9-13,16,18-19,23H,7-8H2,1H3. The van der Waals surface area contributed by atoms with E-state index in [0.717, 1.165) is 18.4 Å². The van der Waals surface area contributed by atoms with Crippen LogP contribution in [0.1, 0.15) is 41.6 Å². The molecule has 0 amide bonds. The summed E-state index contributed by atoms with van der Waals surface area (Å²) in [7, 11) is 0. The molecule has 0 spiro atoms. The molecule has 3 rings (SSSR count). The van der Waals surface area contributed by atoms with Crippen LogP contribution in [0.5, 0.6) is 0 Å². The van der Waals surface area contributed by atoms with Crippen LogP contribution < -0.4 is 5.32 Å². The van der Waals surface area contributed by atoms with Crippen molar-refractivity contribution in [3.8, 4) is 0 Å². The van der Waals surface area contributed by atoms with Gasteiger partial charge in [0.1, 0.15) is 6.33 Å². The van der Waals surface area contributed by atoms with Crippen molar-refractivity contribution in [2.75, 3.05) is 0 Å². The smallest absolute Gasteiger partial charge is 0.343 e. The Bertz CT molecular complexity index is 777. The van der Waals surface area contributed by atoms with Crippen LogP contribution in [-0.2, 0) is 9.53 Å². The lowest BCUT2D eigenvalue weighted by Crippen LogP contribution is -2.44. The van der Waals surface area contributed by atoms with Gasteiger partial charge in [-0.25, -0.2) is 14.8 Å². The predicted octanol–water partition coefficient (Wildman–Crippen LogP) is 2.64. The molecule has 0 saturated carbocycles. The Kier molecular flexibility index (Phi) is 5.86. The highest BCUT2D eigenvalue weighted by molar-refractivity contribution is 5.89. The number of rotatable bonds is 6. The van der Waals surface area contributed by atoms with E-state index in [0.29, 0.717) is 12.2 Å². The lowest BCUT2D eigenvalue weighted by atomic mass is 9.83. The molecule has 2 aromatic rings. The molecule has 1 aromatic heterocycles. The zero-order valence-electron chi connectivity index (χ0n) is 14.5. The van der Waals surface area contributed by atoms with Crippen LogP contribution in [0.3, 0.4) is 0 Å². The third kappa shape index (κ3) is 4.40. The maximum Gasteiger partial charge on any atom is 0.343 e. The molecule has 0 bridgehead atoms. The van der Waals surface area contributed by atoms with Crippen molar-refractivity contribution >= 4 is 12.3 Å². The fourth-order valence-corrected chi connectivity index (χ4v) is 3.16.